The normalized spacial score (nSPS) is 22.1. The van der Waals surface area contributed by atoms with E-state index in [1.54, 1.807) is 18.3 Å². The summed E-state index contributed by atoms with van der Waals surface area (Å²) in [5.41, 5.74) is 0.398. The second-order valence-corrected chi connectivity index (χ2v) is 4.92. The molecule has 1 amide bonds. The summed E-state index contributed by atoms with van der Waals surface area (Å²) in [6, 6.07) is 3.35. The van der Waals surface area contributed by atoms with Gasteiger partial charge in [0.25, 0.3) is 5.91 Å². The zero-order valence-electron chi connectivity index (χ0n) is 11.3. The van der Waals surface area contributed by atoms with Crippen molar-refractivity contribution in [1.82, 2.24) is 10.3 Å². The monoisotopic (exact) mass is 278 g/mol. The van der Waals surface area contributed by atoms with Crippen LogP contribution in [0, 0.1) is 5.92 Å². The highest BCUT2D eigenvalue weighted by molar-refractivity contribution is 5.96. The molecule has 6 nitrogen and oxygen atoms in total. The minimum absolute atomic E-state index is 0.0167. The van der Waals surface area contributed by atoms with E-state index in [2.05, 4.69) is 10.3 Å². The molecule has 6 heteroatoms. The van der Waals surface area contributed by atoms with E-state index in [1.807, 2.05) is 0 Å². The molecule has 108 valence electrons. The summed E-state index contributed by atoms with van der Waals surface area (Å²) >= 11 is 0. The van der Waals surface area contributed by atoms with E-state index in [1.165, 1.54) is 7.11 Å². The predicted octanol–water partition coefficient (Wildman–Crippen LogP) is 1.46. The molecule has 0 bridgehead atoms. The fraction of sp³-hybridized carbons (Fsp3) is 0.500. The molecule has 0 spiro atoms. The highest BCUT2D eigenvalue weighted by atomic mass is 16.5. The molecule has 2 N–H and O–H groups in total. The van der Waals surface area contributed by atoms with Gasteiger partial charge in [-0.05, 0) is 37.8 Å². The van der Waals surface area contributed by atoms with E-state index >= 15 is 0 Å². The van der Waals surface area contributed by atoms with Gasteiger partial charge in [-0.1, -0.05) is 0 Å². The Hall–Kier alpha value is -2.11. The quantitative estimate of drug-likeness (QED) is 0.870. The highest BCUT2D eigenvalue weighted by Gasteiger charge is 2.27. The van der Waals surface area contributed by atoms with Crippen LogP contribution < -0.4 is 10.1 Å². The van der Waals surface area contributed by atoms with Crippen molar-refractivity contribution in [2.24, 2.45) is 5.92 Å². The molecule has 0 saturated heterocycles. The van der Waals surface area contributed by atoms with Crippen LogP contribution in [0.2, 0.25) is 0 Å². The SMILES string of the molecule is COc1ncccc1C(=O)NC1CCC(C(=O)O)CC1. The van der Waals surface area contributed by atoms with Crippen LogP contribution in [0.5, 0.6) is 5.88 Å². The standard InChI is InChI=1S/C14H18N2O4/c1-20-13-11(3-2-8-15-13)12(17)16-10-6-4-9(5-7-10)14(18)19/h2-3,8-10H,4-7H2,1H3,(H,16,17)(H,18,19). The maximum absolute atomic E-state index is 12.2. The van der Waals surface area contributed by atoms with E-state index in [9.17, 15) is 9.59 Å². The van der Waals surface area contributed by atoms with E-state index in [0.717, 1.165) is 0 Å². The van der Waals surface area contributed by atoms with Gasteiger partial charge in [0.05, 0.1) is 13.0 Å². The number of carboxylic acid groups (broad SMARTS) is 1. The zero-order valence-corrected chi connectivity index (χ0v) is 11.3. The largest absolute Gasteiger partial charge is 0.481 e. The first-order valence-corrected chi connectivity index (χ1v) is 6.64. The van der Waals surface area contributed by atoms with Crippen LogP contribution in [0.3, 0.4) is 0 Å². The third-order valence-electron chi connectivity index (χ3n) is 3.62. The molecule has 0 atom stereocenters. The number of nitrogens with one attached hydrogen (secondary N) is 1. The Morgan fingerprint density at radius 2 is 2.05 bits per heavy atom. The molecular formula is C14H18N2O4. The van der Waals surface area contributed by atoms with Gasteiger partial charge in [0.2, 0.25) is 5.88 Å². The van der Waals surface area contributed by atoms with Crippen molar-refractivity contribution in [2.45, 2.75) is 31.7 Å². The first-order valence-electron chi connectivity index (χ1n) is 6.64. The number of hydrogen-bond donors (Lipinski definition) is 2. The van der Waals surface area contributed by atoms with Crippen molar-refractivity contribution in [1.29, 1.82) is 0 Å². The van der Waals surface area contributed by atoms with Crippen LogP contribution in [0.4, 0.5) is 0 Å². The second kappa shape index (κ2) is 6.36. The van der Waals surface area contributed by atoms with Gasteiger partial charge in [0.1, 0.15) is 5.56 Å². The molecule has 0 unspecified atom stereocenters. The second-order valence-electron chi connectivity index (χ2n) is 4.92. The fourth-order valence-electron chi connectivity index (χ4n) is 2.47. The van der Waals surface area contributed by atoms with E-state index in [-0.39, 0.29) is 17.9 Å². The summed E-state index contributed by atoms with van der Waals surface area (Å²) in [6.07, 6.45) is 4.14. The summed E-state index contributed by atoms with van der Waals surface area (Å²) in [7, 11) is 1.47. The third-order valence-corrected chi connectivity index (χ3v) is 3.62. The average molecular weight is 278 g/mol. The van der Waals surface area contributed by atoms with E-state index in [4.69, 9.17) is 9.84 Å². The minimum atomic E-state index is -0.747. The molecule has 20 heavy (non-hydrogen) atoms. The number of carbonyl (C=O) groups is 2. The van der Waals surface area contributed by atoms with Crippen LogP contribution in [0.25, 0.3) is 0 Å². The van der Waals surface area contributed by atoms with E-state index in [0.29, 0.717) is 37.1 Å². The number of ether oxygens (including phenoxy) is 1. The molecule has 1 aliphatic carbocycles. The van der Waals surface area contributed by atoms with Crippen molar-refractivity contribution in [2.75, 3.05) is 7.11 Å². The van der Waals surface area contributed by atoms with Crippen LogP contribution in [0.15, 0.2) is 18.3 Å². The number of carboxylic acids is 1. The number of amides is 1. The minimum Gasteiger partial charge on any atom is -0.481 e. The van der Waals surface area contributed by atoms with Gasteiger partial charge in [0, 0.05) is 12.2 Å². The molecular weight excluding hydrogens is 260 g/mol. The lowest BCUT2D eigenvalue weighted by molar-refractivity contribution is -0.142. The molecule has 0 radical (unpaired) electrons. The van der Waals surface area contributed by atoms with E-state index < -0.39 is 5.97 Å². The number of nitrogens with zero attached hydrogens (tertiary/aromatic N) is 1. The average Bonchev–Trinajstić information content (AvgIpc) is 2.47. The number of rotatable bonds is 4. The topological polar surface area (TPSA) is 88.5 Å². The summed E-state index contributed by atoms with van der Waals surface area (Å²) in [5.74, 6) is -0.960. The Kier molecular flexibility index (Phi) is 4.55. The van der Waals surface area contributed by atoms with Gasteiger partial charge in [-0.2, -0.15) is 0 Å². The summed E-state index contributed by atoms with van der Waals surface area (Å²) < 4.78 is 5.05. The lowest BCUT2D eigenvalue weighted by Gasteiger charge is -2.26. The molecule has 1 saturated carbocycles. The number of methoxy groups -OCH3 is 1. The Bertz CT molecular complexity index is 496. The Morgan fingerprint density at radius 1 is 1.35 bits per heavy atom. The van der Waals surface area contributed by atoms with Crippen molar-refractivity contribution >= 4 is 11.9 Å². The van der Waals surface area contributed by atoms with Gasteiger partial charge >= 0.3 is 5.97 Å². The number of carbonyl (C=O) groups excluding carboxylic acids is 1. The summed E-state index contributed by atoms with van der Waals surface area (Å²) in [6.45, 7) is 0. The van der Waals surface area contributed by atoms with Gasteiger partial charge in [0.15, 0.2) is 0 Å². The van der Waals surface area contributed by atoms with Crippen molar-refractivity contribution in [3.8, 4) is 5.88 Å². The number of pyridine rings is 1. The van der Waals surface area contributed by atoms with Crippen molar-refractivity contribution in [3.05, 3.63) is 23.9 Å². The number of aliphatic carboxylic acids is 1. The maximum atomic E-state index is 12.2. The first-order chi connectivity index (χ1) is 9.61. The molecule has 1 aromatic heterocycles. The summed E-state index contributed by atoms with van der Waals surface area (Å²) in [4.78, 5) is 27.0. The predicted molar refractivity (Wildman–Crippen MR) is 71.6 cm³/mol. The smallest absolute Gasteiger partial charge is 0.306 e. The van der Waals surface area contributed by atoms with Crippen molar-refractivity contribution < 1.29 is 19.4 Å². The first kappa shape index (κ1) is 14.3. The summed E-state index contributed by atoms with van der Waals surface area (Å²) in [5, 5.41) is 11.9. The molecule has 0 aromatic carbocycles. The molecule has 1 fully saturated rings. The Balaban J connectivity index is 1.94. The molecule has 1 heterocycles. The number of hydrogen-bond acceptors (Lipinski definition) is 4. The van der Waals surface area contributed by atoms with Crippen LogP contribution in [-0.2, 0) is 4.79 Å². The van der Waals surface area contributed by atoms with Crippen LogP contribution >= 0.6 is 0 Å². The third kappa shape index (κ3) is 3.26. The fourth-order valence-corrected chi connectivity index (χ4v) is 2.47. The maximum Gasteiger partial charge on any atom is 0.306 e. The molecule has 0 aliphatic heterocycles. The molecule has 2 rings (SSSR count). The van der Waals surface area contributed by atoms with Gasteiger partial charge in [-0.3, -0.25) is 9.59 Å². The van der Waals surface area contributed by atoms with Gasteiger partial charge < -0.3 is 15.2 Å². The van der Waals surface area contributed by atoms with Gasteiger partial charge in [-0.15, -0.1) is 0 Å². The van der Waals surface area contributed by atoms with Crippen molar-refractivity contribution in [3.63, 3.8) is 0 Å². The number of aromatic nitrogens is 1. The molecule has 1 aliphatic rings. The van der Waals surface area contributed by atoms with Gasteiger partial charge in [-0.25, -0.2) is 4.98 Å². The zero-order chi connectivity index (χ0) is 14.5. The lowest BCUT2D eigenvalue weighted by Crippen LogP contribution is -2.38. The van der Waals surface area contributed by atoms with Crippen LogP contribution in [-0.4, -0.2) is 35.1 Å². The Labute approximate surface area is 117 Å². The lowest BCUT2D eigenvalue weighted by atomic mass is 9.86. The Morgan fingerprint density at radius 3 is 2.65 bits per heavy atom. The highest BCUT2D eigenvalue weighted by Crippen LogP contribution is 2.25. The molecule has 1 aromatic rings. The van der Waals surface area contributed by atoms with Crippen LogP contribution in [0.1, 0.15) is 36.0 Å².